The summed E-state index contributed by atoms with van der Waals surface area (Å²) >= 11 is 0. The lowest BCUT2D eigenvalue weighted by molar-refractivity contribution is 0.653. The minimum atomic E-state index is 0.750. The van der Waals surface area contributed by atoms with Crippen LogP contribution in [0.1, 0.15) is 46.1 Å². The first-order valence-corrected chi connectivity index (χ1v) is 6.88. The molecule has 1 aromatic carbocycles. The number of aromatic nitrogens is 1. The maximum Gasteiger partial charge on any atom is 0.0702 e. The Morgan fingerprint density at radius 1 is 1.06 bits per heavy atom. The zero-order valence-corrected chi connectivity index (χ0v) is 12.3. The van der Waals surface area contributed by atoms with Crippen molar-refractivity contribution in [2.24, 2.45) is 5.41 Å². The van der Waals surface area contributed by atoms with E-state index in [9.17, 15) is 0 Å². The van der Waals surface area contributed by atoms with Crippen molar-refractivity contribution in [3.05, 3.63) is 42.1 Å². The Morgan fingerprint density at radius 2 is 1.67 bits per heavy atom. The number of aryl methyl sites for hydroxylation is 1. The molecule has 1 fully saturated rings. The van der Waals surface area contributed by atoms with Crippen molar-refractivity contribution in [3.63, 3.8) is 0 Å². The molecule has 0 unspecified atom stereocenters. The minimum absolute atomic E-state index is 0.750. The Morgan fingerprint density at radius 3 is 2.22 bits per heavy atom. The van der Waals surface area contributed by atoms with Gasteiger partial charge in [0.15, 0.2) is 0 Å². The van der Waals surface area contributed by atoms with E-state index in [1.807, 2.05) is 32.2 Å². The molecule has 0 N–H and O–H groups in total. The maximum atomic E-state index is 4.22. The van der Waals surface area contributed by atoms with E-state index in [2.05, 4.69) is 44.0 Å². The van der Waals surface area contributed by atoms with E-state index >= 15 is 0 Å². The van der Waals surface area contributed by atoms with Crippen LogP contribution in [0.4, 0.5) is 0 Å². The van der Waals surface area contributed by atoms with E-state index in [1.165, 1.54) is 23.8 Å². The standard InChI is InChI=1S/C10H9N.C5H10.C2H6/c1-8-4-5-10-9(7-8)3-2-6-11-10;1-5(2)3-4-5;1-2/h2-7H,1H3;3-4H2,1-2H3;1-2H3. The fourth-order valence-corrected chi connectivity index (χ4v) is 1.45. The zero-order valence-electron chi connectivity index (χ0n) is 12.3. The lowest BCUT2D eigenvalue weighted by Crippen LogP contribution is -1.77. The molecule has 1 aliphatic carbocycles. The summed E-state index contributed by atoms with van der Waals surface area (Å²) in [5.74, 6) is 0. The minimum Gasteiger partial charge on any atom is -0.256 e. The summed E-state index contributed by atoms with van der Waals surface area (Å²) in [7, 11) is 0. The van der Waals surface area contributed by atoms with Crippen molar-refractivity contribution in [1.29, 1.82) is 0 Å². The van der Waals surface area contributed by atoms with Crippen molar-refractivity contribution in [1.82, 2.24) is 4.98 Å². The second kappa shape index (κ2) is 6.53. The normalized spacial score (nSPS) is 14.9. The van der Waals surface area contributed by atoms with Crippen LogP contribution in [0.15, 0.2) is 36.5 Å². The molecule has 2 aromatic rings. The van der Waals surface area contributed by atoms with Gasteiger partial charge in [0.1, 0.15) is 0 Å². The highest BCUT2D eigenvalue weighted by Gasteiger charge is 2.30. The molecule has 1 heteroatoms. The van der Waals surface area contributed by atoms with Gasteiger partial charge in [-0.3, -0.25) is 4.98 Å². The Bertz CT molecular complexity index is 480. The van der Waals surface area contributed by atoms with Crippen molar-refractivity contribution in [3.8, 4) is 0 Å². The molecule has 1 aliphatic rings. The van der Waals surface area contributed by atoms with Gasteiger partial charge in [-0.15, -0.1) is 0 Å². The number of fused-ring (bicyclic) bond motifs is 1. The molecule has 1 heterocycles. The molecule has 0 saturated heterocycles. The predicted molar refractivity (Wildman–Crippen MR) is 80.8 cm³/mol. The number of pyridine rings is 1. The topological polar surface area (TPSA) is 12.9 Å². The van der Waals surface area contributed by atoms with Gasteiger partial charge < -0.3 is 0 Å². The van der Waals surface area contributed by atoms with Crippen molar-refractivity contribution >= 4 is 10.9 Å². The quantitative estimate of drug-likeness (QED) is 0.605. The summed E-state index contributed by atoms with van der Waals surface area (Å²) < 4.78 is 0. The Kier molecular flexibility index (Phi) is 5.33. The van der Waals surface area contributed by atoms with Crippen LogP contribution in [0.25, 0.3) is 10.9 Å². The molecule has 0 radical (unpaired) electrons. The molecular weight excluding hydrogens is 218 g/mol. The summed E-state index contributed by atoms with van der Waals surface area (Å²) in [5.41, 5.74) is 3.10. The van der Waals surface area contributed by atoms with Crippen LogP contribution in [0.5, 0.6) is 0 Å². The summed E-state index contributed by atoms with van der Waals surface area (Å²) in [6, 6.07) is 10.3. The fraction of sp³-hybridized carbons (Fsp3) is 0.471. The highest BCUT2D eigenvalue weighted by atomic mass is 14.6. The average molecular weight is 243 g/mol. The molecule has 1 aromatic heterocycles. The van der Waals surface area contributed by atoms with Crippen LogP contribution in [0.3, 0.4) is 0 Å². The molecule has 1 saturated carbocycles. The largest absolute Gasteiger partial charge is 0.256 e. The molecule has 1 nitrogen and oxygen atoms in total. The van der Waals surface area contributed by atoms with Gasteiger partial charge in [0, 0.05) is 11.6 Å². The number of hydrogen-bond donors (Lipinski definition) is 0. The number of benzene rings is 1. The van der Waals surface area contributed by atoms with Gasteiger partial charge in [-0.25, -0.2) is 0 Å². The van der Waals surface area contributed by atoms with Crippen LogP contribution >= 0.6 is 0 Å². The molecule has 98 valence electrons. The van der Waals surface area contributed by atoms with Gasteiger partial charge >= 0.3 is 0 Å². The van der Waals surface area contributed by atoms with Crippen LogP contribution in [-0.2, 0) is 0 Å². The van der Waals surface area contributed by atoms with E-state index in [4.69, 9.17) is 0 Å². The van der Waals surface area contributed by atoms with Crippen molar-refractivity contribution in [2.75, 3.05) is 0 Å². The van der Waals surface area contributed by atoms with E-state index < -0.39 is 0 Å². The maximum absolute atomic E-state index is 4.22. The highest BCUT2D eigenvalue weighted by molar-refractivity contribution is 5.78. The third kappa shape index (κ3) is 4.87. The van der Waals surface area contributed by atoms with Crippen molar-refractivity contribution < 1.29 is 0 Å². The third-order valence-corrected chi connectivity index (χ3v) is 3.01. The molecular formula is C17H25N. The monoisotopic (exact) mass is 243 g/mol. The molecule has 18 heavy (non-hydrogen) atoms. The Labute approximate surface area is 111 Å². The molecule has 0 aliphatic heterocycles. The van der Waals surface area contributed by atoms with E-state index in [1.54, 1.807) is 0 Å². The van der Waals surface area contributed by atoms with Gasteiger partial charge in [0.25, 0.3) is 0 Å². The van der Waals surface area contributed by atoms with Gasteiger partial charge in [-0.2, -0.15) is 0 Å². The van der Waals surface area contributed by atoms with Crippen LogP contribution in [0, 0.1) is 12.3 Å². The Hall–Kier alpha value is -1.37. The van der Waals surface area contributed by atoms with E-state index in [-0.39, 0.29) is 0 Å². The van der Waals surface area contributed by atoms with Gasteiger partial charge in [0.05, 0.1) is 5.52 Å². The van der Waals surface area contributed by atoms with E-state index in [0.717, 1.165) is 10.9 Å². The first kappa shape index (κ1) is 14.7. The first-order chi connectivity index (χ1) is 8.57. The fourth-order valence-electron chi connectivity index (χ4n) is 1.45. The summed E-state index contributed by atoms with van der Waals surface area (Å²) in [5, 5.41) is 1.22. The lowest BCUT2D eigenvalue weighted by Gasteiger charge is -1.95. The summed E-state index contributed by atoms with van der Waals surface area (Å²) in [6.07, 6.45) is 4.72. The number of nitrogens with zero attached hydrogens (tertiary/aromatic N) is 1. The number of rotatable bonds is 0. The molecule has 3 rings (SSSR count). The van der Waals surface area contributed by atoms with Gasteiger partial charge in [-0.05, 0) is 43.4 Å². The molecule has 0 spiro atoms. The smallest absolute Gasteiger partial charge is 0.0702 e. The van der Waals surface area contributed by atoms with Crippen LogP contribution in [-0.4, -0.2) is 4.98 Å². The Balaban J connectivity index is 0.000000195. The van der Waals surface area contributed by atoms with Gasteiger partial charge in [0.2, 0.25) is 0 Å². The lowest BCUT2D eigenvalue weighted by atomic mass is 10.1. The van der Waals surface area contributed by atoms with Crippen LogP contribution < -0.4 is 0 Å². The first-order valence-electron chi connectivity index (χ1n) is 6.88. The highest BCUT2D eigenvalue weighted by Crippen LogP contribution is 2.43. The molecule has 0 atom stereocenters. The van der Waals surface area contributed by atoms with E-state index in [0.29, 0.717) is 0 Å². The third-order valence-electron chi connectivity index (χ3n) is 3.01. The summed E-state index contributed by atoms with van der Waals surface area (Å²) in [6.45, 7) is 10.7. The summed E-state index contributed by atoms with van der Waals surface area (Å²) in [4.78, 5) is 4.22. The second-order valence-electron chi connectivity index (χ2n) is 5.36. The zero-order chi connectivity index (χ0) is 13.6. The SMILES string of the molecule is CC.CC1(C)CC1.Cc1ccc2ncccc2c1. The van der Waals surface area contributed by atoms with Crippen molar-refractivity contribution in [2.45, 2.75) is 47.5 Å². The molecule has 0 bridgehead atoms. The predicted octanol–water partition coefficient (Wildman–Crippen LogP) is 5.38. The van der Waals surface area contributed by atoms with Gasteiger partial charge in [-0.1, -0.05) is 45.4 Å². The average Bonchev–Trinajstić information content (AvgIpc) is 3.08. The number of hydrogen-bond acceptors (Lipinski definition) is 1. The van der Waals surface area contributed by atoms with Crippen LogP contribution in [0.2, 0.25) is 0 Å². The second-order valence-corrected chi connectivity index (χ2v) is 5.36. The molecule has 0 amide bonds.